The quantitative estimate of drug-likeness (QED) is 0.726. The number of anilines is 3. The summed E-state index contributed by atoms with van der Waals surface area (Å²) in [5.74, 6) is 0. The molecule has 0 saturated heterocycles. The minimum atomic E-state index is -0.372. The molecule has 0 radical (unpaired) electrons. The Balaban J connectivity index is 2.01. The molecule has 2 aromatic rings. The molecule has 0 saturated carbocycles. The van der Waals surface area contributed by atoms with Gasteiger partial charge in [-0.25, -0.2) is 4.79 Å². The van der Waals surface area contributed by atoms with Crippen molar-refractivity contribution < 1.29 is 4.79 Å². The van der Waals surface area contributed by atoms with E-state index in [2.05, 4.69) is 10.6 Å². The number of hydrogen-bond donors (Lipinski definition) is 3. The predicted octanol–water partition coefficient (Wildman–Crippen LogP) is 4.22. The molecule has 98 valence electrons. The highest BCUT2D eigenvalue weighted by molar-refractivity contribution is 6.42. The van der Waals surface area contributed by atoms with Crippen LogP contribution in [0.2, 0.25) is 10.0 Å². The third kappa shape index (κ3) is 3.77. The lowest BCUT2D eigenvalue weighted by Gasteiger charge is -2.08. The van der Waals surface area contributed by atoms with Gasteiger partial charge in [-0.05, 0) is 42.5 Å². The number of urea groups is 1. The average molecular weight is 296 g/mol. The summed E-state index contributed by atoms with van der Waals surface area (Å²) >= 11 is 11.6. The van der Waals surface area contributed by atoms with Crippen LogP contribution >= 0.6 is 23.2 Å². The van der Waals surface area contributed by atoms with E-state index in [0.29, 0.717) is 27.1 Å². The van der Waals surface area contributed by atoms with Crippen molar-refractivity contribution in [3.8, 4) is 0 Å². The van der Waals surface area contributed by atoms with E-state index in [1.54, 1.807) is 42.5 Å². The first-order valence-corrected chi connectivity index (χ1v) is 6.19. The van der Waals surface area contributed by atoms with Gasteiger partial charge in [0.05, 0.1) is 10.0 Å². The lowest BCUT2D eigenvalue weighted by atomic mass is 10.3. The van der Waals surface area contributed by atoms with Crippen molar-refractivity contribution in [3.05, 3.63) is 52.5 Å². The van der Waals surface area contributed by atoms with E-state index in [0.717, 1.165) is 0 Å². The van der Waals surface area contributed by atoms with Crippen LogP contribution in [-0.4, -0.2) is 6.03 Å². The summed E-state index contributed by atoms with van der Waals surface area (Å²) in [6, 6.07) is 11.3. The molecule has 2 amide bonds. The summed E-state index contributed by atoms with van der Waals surface area (Å²) in [4.78, 5) is 11.7. The van der Waals surface area contributed by atoms with Crippen molar-refractivity contribution in [1.82, 2.24) is 0 Å². The zero-order chi connectivity index (χ0) is 13.8. The summed E-state index contributed by atoms with van der Waals surface area (Å²) in [6.07, 6.45) is 0. The second-order valence-electron chi connectivity index (χ2n) is 3.83. The first-order valence-electron chi connectivity index (χ1n) is 5.43. The van der Waals surface area contributed by atoms with E-state index in [1.165, 1.54) is 0 Å². The number of carbonyl (C=O) groups excluding carboxylic acids is 1. The zero-order valence-electron chi connectivity index (χ0n) is 9.78. The van der Waals surface area contributed by atoms with Gasteiger partial charge in [0.25, 0.3) is 0 Å². The maximum atomic E-state index is 11.7. The van der Waals surface area contributed by atoms with Crippen LogP contribution < -0.4 is 16.4 Å². The number of rotatable bonds is 2. The number of benzene rings is 2. The molecule has 0 bridgehead atoms. The Morgan fingerprint density at radius 3 is 2.11 bits per heavy atom. The minimum Gasteiger partial charge on any atom is -0.399 e. The van der Waals surface area contributed by atoms with Crippen LogP contribution in [0, 0.1) is 0 Å². The van der Waals surface area contributed by atoms with Crippen molar-refractivity contribution in [2.75, 3.05) is 16.4 Å². The summed E-state index contributed by atoms with van der Waals surface area (Å²) in [7, 11) is 0. The third-order valence-corrected chi connectivity index (χ3v) is 3.09. The molecule has 0 fully saturated rings. The van der Waals surface area contributed by atoms with Gasteiger partial charge in [0, 0.05) is 17.1 Å². The Labute approximate surface area is 120 Å². The van der Waals surface area contributed by atoms with E-state index in [1.807, 2.05) is 0 Å². The van der Waals surface area contributed by atoms with E-state index < -0.39 is 0 Å². The van der Waals surface area contributed by atoms with E-state index >= 15 is 0 Å². The molecule has 6 heteroatoms. The van der Waals surface area contributed by atoms with Crippen molar-refractivity contribution in [2.24, 2.45) is 0 Å². The van der Waals surface area contributed by atoms with E-state index in [9.17, 15) is 4.79 Å². The highest BCUT2D eigenvalue weighted by Gasteiger charge is 2.04. The zero-order valence-corrected chi connectivity index (χ0v) is 11.3. The van der Waals surface area contributed by atoms with E-state index in [-0.39, 0.29) is 6.03 Å². The standard InChI is InChI=1S/C13H11Cl2N3O/c14-11-6-5-10(7-12(11)15)18-13(19)17-9-3-1-8(16)2-4-9/h1-7H,16H2,(H2,17,18,19). The van der Waals surface area contributed by atoms with Crippen LogP contribution in [0.5, 0.6) is 0 Å². The summed E-state index contributed by atoms with van der Waals surface area (Å²) in [6.45, 7) is 0. The van der Waals surface area contributed by atoms with Crippen molar-refractivity contribution in [1.29, 1.82) is 0 Å². The van der Waals surface area contributed by atoms with Gasteiger partial charge in [0.1, 0.15) is 0 Å². The molecular weight excluding hydrogens is 285 g/mol. The SMILES string of the molecule is Nc1ccc(NC(=O)Nc2ccc(Cl)c(Cl)c2)cc1. The van der Waals surface area contributed by atoms with E-state index in [4.69, 9.17) is 28.9 Å². The molecule has 0 unspecified atom stereocenters. The van der Waals surface area contributed by atoms with Crippen molar-refractivity contribution >= 4 is 46.3 Å². The molecular formula is C13H11Cl2N3O. The highest BCUT2D eigenvalue weighted by atomic mass is 35.5. The Kier molecular flexibility index (Phi) is 4.14. The van der Waals surface area contributed by atoms with Crippen LogP contribution in [0.3, 0.4) is 0 Å². The van der Waals surface area contributed by atoms with Gasteiger partial charge < -0.3 is 16.4 Å². The molecule has 4 N–H and O–H groups in total. The fourth-order valence-electron chi connectivity index (χ4n) is 1.43. The lowest BCUT2D eigenvalue weighted by molar-refractivity contribution is 0.262. The van der Waals surface area contributed by atoms with Crippen molar-refractivity contribution in [3.63, 3.8) is 0 Å². The first kappa shape index (κ1) is 13.5. The minimum absolute atomic E-state index is 0.372. The largest absolute Gasteiger partial charge is 0.399 e. The van der Waals surface area contributed by atoms with Crippen LogP contribution in [0.4, 0.5) is 21.9 Å². The highest BCUT2D eigenvalue weighted by Crippen LogP contribution is 2.25. The molecule has 0 heterocycles. The number of nitrogens with one attached hydrogen (secondary N) is 2. The number of hydrogen-bond acceptors (Lipinski definition) is 2. The predicted molar refractivity (Wildman–Crippen MR) is 80.0 cm³/mol. The summed E-state index contributed by atoms with van der Waals surface area (Å²) in [5.41, 5.74) is 7.39. The van der Waals surface area contributed by atoms with Gasteiger partial charge >= 0.3 is 6.03 Å². The summed E-state index contributed by atoms with van der Waals surface area (Å²) in [5, 5.41) is 6.14. The van der Waals surface area contributed by atoms with Crippen LogP contribution in [0.15, 0.2) is 42.5 Å². The average Bonchev–Trinajstić information content (AvgIpc) is 2.37. The van der Waals surface area contributed by atoms with Crippen LogP contribution in [-0.2, 0) is 0 Å². The molecule has 19 heavy (non-hydrogen) atoms. The van der Waals surface area contributed by atoms with Crippen molar-refractivity contribution in [2.45, 2.75) is 0 Å². The summed E-state index contributed by atoms with van der Waals surface area (Å²) < 4.78 is 0. The smallest absolute Gasteiger partial charge is 0.323 e. The Bertz CT molecular complexity index is 599. The van der Waals surface area contributed by atoms with Gasteiger partial charge in [-0.3, -0.25) is 0 Å². The number of halogens is 2. The van der Waals surface area contributed by atoms with Gasteiger partial charge in [-0.2, -0.15) is 0 Å². The monoisotopic (exact) mass is 295 g/mol. The normalized spacial score (nSPS) is 10.0. The van der Waals surface area contributed by atoms with Crippen LogP contribution in [0.25, 0.3) is 0 Å². The molecule has 0 aliphatic rings. The second-order valence-corrected chi connectivity index (χ2v) is 4.64. The molecule has 0 spiro atoms. The lowest BCUT2D eigenvalue weighted by Crippen LogP contribution is -2.19. The van der Waals surface area contributed by atoms with Gasteiger partial charge in [0.15, 0.2) is 0 Å². The maximum absolute atomic E-state index is 11.7. The Hall–Kier alpha value is -1.91. The molecule has 0 aromatic heterocycles. The first-order chi connectivity index (χ1) is 9.04. The number of nitrogens with two attached hydrogens (primary N) is 1. The topological polar surface area (TPSA) is 67.1 Å². The fraction of sp³-hybridized carbons (Fsp3) is 0. The number of nitrogen functional groups attached to an aromatic ring is 1. The maximum Gasteiger partial charge on any atom is 0.323 e. The molecule has 2 rings (SSSR count). The van der Waals surface area contributed by atoms with Gasteiger partial charge in [-0.15, -0.1) is 0 Å². The third-order valence-electron chi connectivity index (χ3n) is 2.35. The number of amides is 2. The fourth-order valence-corrected chi connectivity index (χ4v) is 1.73. The molecule has 2 aromatic carbocycles. The second kappa shape index (κ2) is 5.82. The Morgan fingerprint density at radius 2 is 1.47 bits per heavy atom. The van der Waals surface area contributed by atoms with Gasteiger partial charge in [0.2, 0.25) is 0 Å². The van der Waals surface area contributed by atoms with Gasteiger partial charge in [-0.1, -0.05) is 23.2 Å². The molecule has 0 aliphatic carbocycles. The molecule has 4 nitrogen and oxygen atoms in total. The number of carbonyl (C=O) groups is 1. The molecule has 0 atom stereocenters. The molecule has 0 aliphatic heterocycles. The Morgan fingerprint density at radius 1 is 0.895 bits per heavy atom. The van der Waals surface area contributed by atoms with Crippen LogP contribution in [0.1, 0.15) is 0 Å².